The summed E-state index contributed by atoms with van der Waals surface area (Å²) in [7, 11) is -0.992. The van der Waals surface area contributed by atoms with Crippen LogP contribution in [-0.2, 0) is 9.53 Å². The maximum atomic E-state index is 10.0. The maximum absolute atomic E-state index is 10.0. The van der Waals surface area contributed by atoms with Crippen molar-refractivity contribution >= 4 is 14.4 Å². The average molecular weight is 173 g/mol. The van der Waals surface area contributed by atoms with Crippen LogP contribution in [0.3, 0.4) is 0 Å². The average Bonchev–Trinajstić information content (AvgIpc) is 1.85. The Bertz CT molecular complexity index is 118. The molecule has 0 aliphatic heterocycles. The van der Waals surface area contributed by atoms with Crippen LogP contribution in [0.1, 0.15) is 6.92 Å². The normalized spacial score (nSPS) is 14.5. The van der Waals surface area contributed by atoms with Gasteiger partial charge in [0.15, 0.2) is 0 Å². The number of hydrogen-bond acceptors (Lipinski definition) is 2. The van der Waals surface area contributed by atoms with Crippen LogP contribution in [0.25, 0.3) is 0 Å². The molecule has 3 heteroatoms. The van der Waals surface area contributed by atoms with Gasteiger partial charge in [-0.3, -0.25) is 4.79 Å². The zero-order valence-corrected chi connectivity index (χ0v) is 8.81. The first-order valence-corrected chi connectivity index (χ1v) is 7.66. The summed E-state index contributed by atoms with van der Waals surface area (Å²) in [5.74, 6) is 0. The molecule has 0 aliphatic rings. The Morgan fingerprint density at radius 2 is 2.00 bits per heavy atom. The van der Waals surface area contributed by atoms with E-state index >= 15 is 0 Å². The van der Waals surface area contributed by atoms with Crippen LogP contribution in [0.2, 0.25) is 25.7 Å². The molecule has 0 rings (SSSR count). The molecule has 0 N–H and O–H groups in total. The number of carbonyl (C=O) groups excluding carboxylic acids is 1. The van der Waals surface area contributed by atoms with Gasteiger partial charge in [-0.05, 0) is 13.0 Å². The summed E-state index contributed by atoms with van der Waals surface area (Å²) < 4.78 is 5.18. The quantitative estimate of drug-likeness (QED) is 0.593. The van der Waals surface area contributed by atoms with E-state index in [1.165, 1.54) is 0 Å². The lowest BCUT2D eigenvalue weighted by Gasteiger charge is -2.15. The topological polar surface area (TPSA) is 26.3 Å². The lowest BCUT2D eigenvalue weighted by Crippen LogP contribution is -2.23. The number of ether oxygens (including phenoxy) is 1. The molecule has 0 aliphatic carbocycles. The van der Waals surface area contributed by atoms with Gasteiger partial charge < -0.3 is 4.74 Å². The SMILES string of the molecule is CC([C]=O)OCC[Si](C)(C)C. The molecule has 0 aromatic rings. The third-order valence-corrected chi connectivity index (χ3v) is 3.09. The molecule has 0 amide bonds. The molecular formula is C8H17O2Si. The van der Waals surface area contributed by atoms with E-state index in [-0.39, 0.29) is 6.10 Å². The summed E-state index contributed by atoms with van der Waals surface area (Å²) >= 11 is 0. The van der Waals surface area contributed by atoms with Crippen LogP contribution in [0.15, 0.2) is 0 Å². The van der Waals surface area contributed by atoms with Crippen molar-refractivity contribution in [1.29, 1.82) is 0 Å². The molecule has 65 valence electrons. The first-order valence-electron chi connectivity index (χ1n) is 3.95. The van der Waals surface area contributed by atoms with E-state index in [1.807, 2.05) is 0 Å². The molecule has 1 atom stereocenters. The monoisotopic (exact) mass is 173 g/mol. The third kappa shape index (κ3) is 7.75. The first-order chi connectivity index (χ1) is 4.95. The molecule has 0 aromatic heterocycles. The highest BCUT2D eigenvalue weighted by molar-refractivity contribution is 6.76. The molecule has 1 radical (unpaired) electrons. The fraction of sp³-hybridized carbons (Fsp3) is 0.875. The van der Waals surface area contributed by atoms with Crippen LogP contribution in [0.5, 0.6) is 0 Å². The van der Waals surface area contributed by atoms with Gasteiger partial charge in [0.1, 0.15) is 6.10 Å². The summed E-state index contributed by atoms with van der Waals surface area (Å²) in [6.07, 6.45) is 1.44. The second-order valence-electron chi connectivity index (χ2n) is 3.94. The minimum atomic E-state index is -0.992. The van der Waals surface area contributed by atoms with Crippen LogP contribution in [-0.4, -0.2) is 27.1 Å². The van der Waals surface area contributed by atoms with Crippen molar-refractivity contribution in [2.75, 3.05) is 6.61 Å². The van der Waals surface area contributed by atoms with E-state index in [2.05, 4.69) is 19.6 Å². The molecule has 0 saturated carbocycles. The second-order valence-corrected chi connectivity index (χ2v) is 9.56. The van der Waals surface area contributed by atoms with Crippen LogP contribution in [0, 0.1) is 0 Å². The van der Waals surface area contributed by atoms with Crippen molar-refractivity contribution in [3.8, 4) is 0 Å². The van der Waals surface area contributed by atoms with Crippen molar-refractivity contribution in [1.82, 2.24) is 0 Å². The predicted molar refractivity (Wildman–Crippen MR) is 49.3 cm³/mol. The predicted octanol–water partition coefficient (Wildman–Crippen LogP) is 1.84. The minimum Gasteiger partial charge on any atom is -0.371 e. The van der Waals surface area contributed by atoms with Crippen molar-refractivity contribution in [3.05, 3.63) is 0 Å². The highest BCUT2D eigenvalue weighted by Crippen LogP contribution is 2.07. The Balaban J connectivity index is 3.35. The molecule has 0 saturated heterocycles. The maximum Gasteiger partial charge on any atom is 0.229 e. The summed E-state index contributed by atoms with van der Waals surface area (Å²) in [5.41, 5.74) is 0. The number of hydrogen-bond donors (Lipinski definition) is 0. The van der Waals surface area contributed by atoms with Gasteiger partial charge in [-0.1, -0.05) is 19.6 Å². The molecule has 0 aromatic carbocycles. The lowest BCUT2D eigenvalue weighted by atomic mass is 10.5. The standard InChI is InChI=1S/C8H17O2Si/c1-8(7-9)10-5-6-11(2,3)4/h8H,5-6H2,1-4H3. The van der Waals surface area contributed by atoms with E-state index in [1.54, 1.807) is 13.2 Å². The minimum absolute atomic E-state index is 0.355. The van der Waals surface area contributed by atoms with Crippen molar-refractivity contribution in [2.24, 2.45) is 0 Å². The summed E-state index contributed by atoms with van der Waals surface area (Å²) in [6.45, 7) is 9.27. The highest BCUT2D eigenvalue weighted by Gasteiger charge is 2.12. The Labute approximate surface area is 69.9 Å². The zero-order chi connectivity index (χ0) is 8.91. The van der Waals surface area contributed by atoms with Crippen LogP contribution >= 0.6 is 0 Å². The van der Waals surface area contributed by atoms with Gasteiger partial charge in [0, 0.05) is 14.7 Å². The van der Waals surface area contributed by atoms with Gasteiger partial charge >= 0.3 is 0 Å². The first kappa shape index (κ1) is 10.8. The van der Waals surface area contributed by atoms with Gasteiger partial charge in [-0.15, -0.1) is 0 Å². The Morgan fingerprint density at radius 3 is 2.36 bits per heavy atom. The van der Waals surface area contributed by atoms with E-state index in [4.69, 9.17) is 4.74 Å². The van der Waals surface area contributed by atoms with Crippen LogP contribution < -0.4 is 0 Å². The molecule has 0 bridgehead atoms. The van der Waals surface area contributed by atoms with Gasteiger partial charge in [-0.2, -0.15) is 0 Å². The van der Waals surface area contributed by atoms with E-state index in [0.717, 1.165) is 6.04 Å². The van der Waals surface area contributed by atoms with Gasteiger partial charge in [0.05, 0.1) is 0 Å². The van der Waals surface area contributed by atoms with Gasteiger partial charge in [0.25, 0.3) is 0 Å². The molecular weight excluding hydrogens is 156 g/mol. The summed E-state index contributed by atoms with van der Waals surface area (Å²) in [6, 6.07) is 1.11. The van der Waals surface area contributed by atoms with Crippen LogP contribution in [0.4, 0.5) is 0 Å². The third-order valence-electron chi connectivity index (χ3n) is 1.39. The van der Waals surface area contributed by atoms with Gasteiger partial charge in [0.2, 0.25) is 6.29 Å². The second kappa shape index (κ2) is 4.67. The van der Waals surface area contributed by atoms with Crippen molar-refractivity contribution in [2.45, 2.75) is 38.7 Å². The van der Waals surface area contributed by atoms with E-state index < -0.39 is 8.07 Å². The smallest absolute Gasteiger partial charge is 0.229 e. The molecule has 1 unspecified atom stereocenters. The van der Waals surface area contributed by atoms with Gasteiger partial charge in [-0.25, -0.2) is 0 Å². The molecule has 2 nitrogen and oxygen atoms in total. The lowest BCUT2D eigenvalue weighted by molar-refractivity contribution is 0.119. The fourth-order valence-corrected chi connectivity index (χ4v) is 1.31. The Hall–Kier alpha value is -0.153. The fourth-order valence-electron chi connectivity index (χ4n) is 0.576. The Kier molecular flexibility index (Phi) is 4.60. The largest absolute Gasteiger partial charge is 0.371 e. The van der Waals surface area contributed by atoms with Crippen molar-refractivity contribution in [3.63, 3.8) is 0 Å². The number of rotatable bonds is 5. The molecule has 0 spiro atoms. The zero-order valence-electron chi connectivity index (χ0n) is 7.81. The van der Waals surface area contributed by atoms with Crippen molar-refractivity contribution < 1.29 is 9.53 Å². The van der Waals surface area contributed by atoms with E-state index in [9.17, 15) is 4.79 Å². The van der Waals surface area contributed by atoms with E-state index in [0.29, 0.717) is 6.61 Å². The molecule has 0 fully saturated rings. The molecule has 11 heavy (non-hydrogen) atoms. The summed E-state index contributed by atoms with van der Waals surface area (Å²) in [4.78, 5) is 10.0. The summed E-state index contributed by atoms with van der Waals surface area (Å²) in [5, 5.41) is 0. The Morgan fingerprint density at radius 1 is 1.45 bits per heavy atom. The molecule has 0 heterocycles. The highest BCUT2D eigenvalue weighted by atomic mass is 28.3.